The summed E-state index contributed by atoms with van der Waals surface area (Å²) >= 11 is 0. The van der Waals surface area contributed by atoms with E-state index >= 15 is 0 Å². The Bertz CT molecular complexity index is 1380. The first-order chi connectivity index (χ1) is 18.5. The van der Waals surface area contributed by atoms with Gasteiger partial charge in [-0.25, -0.2) is 18.6 Å². The molecule has 3 aromatic carbocycles. The van der Waals surface area contributed by atoms with Gasteiger partial charge >= 0.3 is 5.97 Å². The number of carbonyl (C=O) groups is 2. The molecular formula is C28H31N3O7S. The van der Waals surface area contributed by atoms with Crippen LogP contribution in [-0.4, -0.2) is 52.4 Å². The van der Waals surface area contributed by atoms with Crippen LogP contribution in [0.3, 0.4) is 0 Å². The van der Waals surface area contributed by atoms with Gasteiger partial charge in [-0.15, -0.1) is 0 Å². The number of anilines is 1. The average Bonchev–Trinajstić information content (AvgIpc) is 2.91. The molecule has 206 valence electrons. The summed E-state index contributed by atoms with van der Waals surface area (Å²) in [7, 11) is -2.54. The topological polar surface area (TPSA) is 124 Å². The highest BCUT2D eigenvalue weighted by atomic mass is 32.2. The number of rotatable bonds is 11. The molecule has 1 amide bonds. The Morgan fingerprint density at radius 1 is 0.923 bits per heavy atom. The van der Waals surface area contributed by atoms with Crippen molar-refractivity contribution in [3.63, 3.8) is 0 Å². The third-order valence-corrected chi connectivity index (χ3v) is 6.83. The Morgan fingerprint density at radius 3 is 2.13 bits per heavy atom. The van der Waals surface area contributed by atoms with Crippen LogP contribution in [0.4, 0.5) is 5.69 Å². The Hall–Kier alpha value is -4.38. The lowest BCUT2D eigenvalue weighted by molar-refractivity contribution is -0.157. The van der Waals surface area contributed by atoms with Gasteiger partial charge in [0.2, 0.25) is 0 Å². The molecule has 0 aliphatic carbocycles. The maximum atomic E-state index is 13.3. The van der Waals surface area contributed by atoms with E-state index in [1.54, 1.807) is 87.5 Å². The number of nitrogens with zero attached hydrogens (tertiary/aromatic N) is 2. The molecule has 0 radical (unpaired) electrons. The number of sulfonamides is 1. The van der Waals surface area contributed by atoms with Crippen LogP contribution >= 0.6 is 0 Å². The Balaban J connectivity index is 1.64. The van der Waals surface area contributed by atoms with Gasteiger partial charge in [-0.3, -0.25) is 9.10 Å². The number of hydrazone groups is 1. The van der Waals surface area contributed by atoms with Gasteiger partial charge in [0.05, 0.1) is 23.9 Å². The number of esters is 1. The van der Waals surface area contributed by atoms with E-state index in [4.69, 9.17) is 14.2 Å². The first-order valence-corrected chi connectivity index (χ1v) is 13.4. The van der Waals surface area contributed by atoms with Crippen LogP contribution in [0.1, 0.15) is 26.3 Å². The summed E-state index contributed by atoms with van der Waals surface area (Å²) in [5, 5.41) is 3.93. The first kappa shape index (κ1) is 29.2. The van der Waals surface area contributed by atoms with E-state index in [-0.39, 0.29) is 11.5 Å². The minimum absolute atomic E-state index is 0.0473. The number of ether oxygens (including phenoxy) is 3. The van der Waals surface area contributed by atoms with E-state index in [0.717, 1.165) is 4.31 Å². The van der Waals surface area contributed by atoms with Crippen molar-refractivity contribution in [1.29, 1.82) is 0 Å². The largest absolute Gasteiger partial charge is 0.497 e. The molecule has 0 saturated heterocycles. The second-order valence-electron chi connectivity index (χ2n) is 9.26. The van der Waals surface area contributed by atoms with Crippen molar-refractivity contribution in [3.8, 4) is 11.5 Å². The highest BCUT2D eigenvalue weighted by Crippen LogP contribution is 2.25. The van der Waals surface area contributed by atoms with Gasteiger partial charge in [0.25, 0.3) is 15.9 Å². The van der Waals surface area contributed by atoms with Crippen LogP contribution in [0.5, 0.6) is 11.5 Å². The molecule has 0 bridgehead atoms. The van der Waals surface area contributed by atoms with Gasteiger partial charge in [-0.1, -0.05) is 18.2 Å². The quantitative estimate of drug-likeness (QED) is 0.218. The lowest BCUT2D eigenvalue weighted by atomic mass is 10.2. The van der Waals surface area contributed by atoms with Gasteiger partial charge in [0.15, 0.2) is 6.61 Å². The second kappa shape index (κ2) is 12.9. The SMILES string of the molecule is COc1ccc(N(CC(=O)N/N=C\c2ccc(OCC(=O)OC(C)(C)C)cc2)S(=O)(=O)c2ccccc2)cc1. The summed E-state index contributed by atoms with van der Waals surface area (Å²) in [6, 6.07) is 20.8. The number of hydrogen-bond donors (Lipinski definition) is 1. The zero-order chi connectivity index (χ0) is 28.5. The fourth-order valence-corrected chi connectivity index (χ4v) is 4.73. The maximum Gasteiger partial charge on any atom is 0.344 e. The average molecular weight is 554 g/mol. The summed E-state index contributed by atoms with van der Waals surface area (Å²) in [6.07, 6.45) is 1.40. The molecule has 0 aromatic heterocycles. The molecule has 3 aromatic rings. The minimum Gasteiger partial charge on any atom is -0.497 e. The molecule has 0 atom stereocenters. The van der Waals surface area contributed by atoms with E-state index in [2.05, 4.69) is 10.5 Å². The molecule has 0 fully saturated rings. The summed E-state index contributed by atoms with van der Waals surface area (Å²) in [5.74, 6) is -0.109. The van der Waals surface area contributed by atoms with E-state index in [1.807, 2.05) is 0 Å². The van der Waals surface area contributed by atoms with Crippen molar-refractivity contribution in [3.05, 3.63) is 84.4 Å². The first-order valence-electron chi connectivity index (χ1n) is 12.0. The predicted molar refractivity (Wildman–Crippen MR) is 147 cm³/mol. The molecule has 0 spiro atoms. The molecule has 39 heavy (non-hydrogen) atoms. The van der Waals surface area contributed by atoms with Crippen LogP contribution in [0, 0.1) is 0 Å². The van der Waals surface area contributed by atoms with Crippen molar-refractivity contribution < 1.29 is 32.2 Å². The van der Waals surface area contributed by atoms with Gasteiger partial charge in [0.1, 0.15) is 23.6 Å². The molecule has 0 aliphatic heterocycles. The number of nitrogens with one attached hydrogen (secondary N) is 1. The maximum absolute atomic E-state index is 13.3. The van der Waals surface area contributed by atoms with Crippen LogP contribution in [-0.2, 0) is 24.3 Å². The molecule has 11 heteroatoms. The highest BCUT2D eigenvalue weighted by molar-refractivity contribution is 7.92. The van der Waals surface area contributed by atoms with Gasteiger partial charge in [0, 0.05) is 0 Å². The normalized spacial score (nSPS) is 11.6. The van der Waals surface area contributed by atoms with Crippen molar-refractivity contribution in [2.45, 2.75) is 31.3 Å². The summed E-state index contributed by atoms with van der Waals surface area (Å²) in [6.45, 7) is 4.60. The molecule has 10 nitrogen and oxygen atoms in total. The van der Waals surface area contributed by atoms with Crippen LogP contribution in [0.2, 0.25) is 0 Å². The van der Waals surface area contributed by atoms with Crippen molar-refractivity contribution in [2.24, 2.45) is 5.10 Å². The summed E-state index contributed by atoms with van der Waals surface area (Å²) in [4.78, 5) is 24.5. The molecular weight excluding hydrogens is 522 g/mol. The van der Waals surface area contributed by atoms with Gasteiger partial charge in [-0.05, 0) is 87.0 Å². The predicted octanol–water partition coefficient (Wildman–Crippen LogP) is 3.76. The number of benzene rings is 3. The molecule has 3 rings (SSSR count). The molecule has 1 N–H and O–H groups in total. The fourth-order valence-electron chi connectivity index (χ4n) is 3.29. The smallest absolute Gasteiger partial charge is 0.344 e. The van der Waals surface area contributed by atoms with E-state index in [1.165, 1.54) is 25.5 Å². The Labute approximate surface area is 228 Å². The molecule has 0 aliphatic rings. The van der Waals surface area contributed by atoms with E-state index < -0.39 is 34.0 Å². The number of carbonyl (C=O) groups excluding carboxylic acids is 2. The molecule has 0 heterocycles. The third kappa shape index (κ3) is 8.85. The lowest BCUT2D eigenvalue weighted by Crippen LogP contribution is -2.39. The third-order valence-electron chi connectivity index (χ3n) is 5.04. The number of amides is 1. The number of hydrogen-bond acceptors (Lipinski definition) is 8. The zero-order valence-corrected chi connectivity index (χ0v) is 23.0. The molecule has 0 saturated carbocycles. The standard InChI is InChI=1S/C28H31N3O7S/c1-28(2,3)38-27(33)20-37-24-14-10-21(11-15-24)18-29-30-26(32)19-31(22-12-16-23(36-4)17-13-22)39(34,35)25-8-6-5-7-9-25/h5-18H,19-20H2,1-4H3,(H,30,32)/b29-18-. The van der Waals surface area contributed by atoms with E-state index in [9.17, 15) is 18.0 Å². The Morgan fingerprint density at radius 2 is 1.54 bits per heavy atom. The van der Waals surface area contributed by atoms with E-state index in [0.29, 0.717) is 22.7 Å². The second-order valence-corrected chi connectivity index (χ2v) is 11.1. The van der Waals surface area contributed by atoms with Crippen molar-refractivity contribution in [2.75, 3.05) is 24.6 Å². The summed E-state index contributed by atoms with van der Waals surface area (Å²) in [5.41, 5.74) is 2.70. The van der Waals surface area contributed by atoms with Crippen LogP contribution in [0.15, 0.2) is 88.9 Å². The van der Waals surface area contributed by atoms with Gasteiger partial charge in [-0.2, -0.15) is 5.10 Å². The zero-order valence-electron chi connectivity index (χ0n) is 22.2. The Kier molecular flexibility index (Phi) is 9.67. The van der Waals surface area contributed by atoms with Gasteiger partial charge < -0.3 is 14.2 Å². The number of methoxy groups -OCH3 is 1. The van der Waals surface area contributed by atoms with Crippen molar-refractivity contribution in [1.82, 2.24) is 5.43 Å². The van der Waals surface area contributed by atoms with Crippen LogP contribution in [0.25, 0.3) is 0 Å². The fraction of sp³-hybridized carbons (Fsp3) is 0.250. The monoisotopic (exact) mass is 553 g/mol. The summed E-state index contributed by atoms with van der Waals surface area (Å²) < 4.78 is 43.5. The highest BCUT2D eigenvalue weighted by Gasteiger charge is 2.27. The minimum atomic E-state index is -4.04. The van der Waals surface area contributed by atoms with Crippen molar-refractivity contribution >= 4 is 33.8 Å². The van der Waals surface area contributed by atoms with Crippen LogP contribution < -0.4 is 19.2 Å². The molecule has 0 unspecified atom stereocenters. The lowest BCUT2D eigenvalue weighted by Gasteiger charge is -2.23.